The number of rotatable bonds is 3. The van der Waals surface area contributed by atoms with Crippen molar-refractivity contribution in [2.24, 2.45) is 0 Å². The van der Waals surface area contributed by atoms with Gasteiger partial charge in [-0.25, -0.2) is 15.0 Å². The van der Waals surface area contributed by atoms with Gasteiger partial charge in [0.1, 0.15) is 24.1 Å². The summed E-state index contributed by atoms with van der Waals surface area (Å²) in [5.41, 5.74) is 0.951. The van der Waals surface area contributed by atoms with Crippen molar-refractivity contribution in [3.8, 4) is 0 Å². The number of anilines is 1. The fourth-order valence-corrected chi connectivity index (χ4v) is 2.85. The maximum Gasteiger partial charge on any atom is 0.181 e. The van der Waals surface area contributed by atoms with Gasteiger partial charge in [0.05, 0.1) is 18.7 Å². The minimum Gasteiger partial charge on any atom is -0.366 e. The molecule has 23 heavy (non-hydrogen) atoms. The number of nitrogens with one attached hydrogen (secondary N) is 1. The summed E-state index contributed by atoms with van der Waals surface area (Å²) in [6.07, 6.45) is 2.30. The van der Waals surface area contributed by atoms with Crippen LogP contribution in [0.5, 0.6) is 0 Å². The topological polar surface area (TPSA) is 79.8 Å². The van der Waals surface area contributed by atoms with Gasteiger partial charge < -0.3 is 9.64 Å². The third kappa shape index (κ3) is 2.63. The van der Waals surface area contributed by atoms with Crippen molar-refractivity contribution in [2.75, 3.05) is 24.6 Å². The van der Waals surface area contributed by atoms with Gasteiger partial charge in [0.2, 0.25) is 0 Å². The molecule has 3 aromatic rings. The molecule has 118 valence electrons. The summed E-state index contributed by atoms with van der Waals surface area (Å²) in [4.78, 5) is 15.5. The van der Waals surface area contributed by atoms with Crippen LogP contribution in [0.2, 0.25) is 0 Å². The number of morpholine rings is 1. The molecule has 0 saturated carbocycles. The number of fused-ring (bicyclic) bond motifs is 1. The van der Waals surface area contributed by atoms with E-state index in [2.05, 4.69) is 36.1 Å². The molecule has 0 radical (unpaired) electrons. The van der Waals surface area contributed by atoms with Crippen LogP contribution in [0.4, 0.5) is 5.82 Å². The number of aryl methyl sites for hydroxylation is 1. The van der Waals surface area contributed by atoms with E-state index in [9.17, 15) is 0 Å². The maximum absolute atomic E-state index is 5.86. The van der Waals surface area contributed by atoms with Crippen molar-refractivity contribution in [1.82, 2.24) is 25.1 Å². The van der Waals surface area contributed by atoms with Crippen LogP contribution in [-0.2, 0) is 11.2 Å². The van der Waals surface area contributed by atoms with Gasteiger partial charge in [0.15, 0.2) is 5.82 Å². The molecular weight excluding hydrogens is 292 g/mol. The Balaban J connectivity index is 1.63. The van der Waals surface area contributed by atoms with Gasteiger partial charge >= 0.3 is 0 Å². The lowest BCUT2D eigenvalue weighted by molar-refractivity contribution is 0.0340. The van der Waals surface area contributed by atoms with Crippen molar-refractivity contribution in [3.63, 3.8) is 0 Å². The van der Waals surface area contributed by atoms with Gasteiger partial charge in [-0.3, -0.25) is 5.10 Å². The van der Waals surface area contributed by atoms with Crippen LogP contribution in [0.25, 0.3) is 10.9 Å². The molecule has 0 bridgehead atoms. The number of aromatic nitrogens is 5. The van der Waals surface area contributed by atoms with Crippen molar-refractivity contribution >= 4 is 16.7 Å². The number of aromatic amines is 1. The van der Waals surface area contributed by atoms with Gasteiger partial charge in [-0.05, 0) is 12.1 Å². The third-order valence-corrected chi connectivity index (χ3v) is 4.06. The predicted molar refractivity (Wildman–Crippen MR) is 86.2 cm³/mol. The highest BCUT2D eigenvalue weighted by Gasteiger charge is 2.27. The molecule has 3 heterocycles. The Morgan fingerprint density at radius 1 is 1.30 bits per heavy atom. The minimum atomic E-state index is -0.144. The summed E-state index contributed by atoms with van der Waals surface area (Å²) >= 11 is 0. The molecule has 1 aliphatic rings. The van der Waals surface area contributed by atoms with Gasteiger partial charge in [0.25, 0.3) is 0 Å². The van der Waals surface area contributed by atoms with E-state index in [4.69, 9.17) is 4.74 Å². The number of hydrogen-bond acceptors (Lipinski definition) is 6. The normalized spacial score (nSPS) is 18.5. The first-order valence-corrected chi connectivity index (χ1v) is 7.82. The van der Waals surface area contributed by atoms with E-state index in [1.807, 2.05) is 25.1 Å². The van der Waals surface area contributed by atoms with Crippen molar-refractivity contribution in [1.29, 1.82) is 0 Å². The number of benzene rings is 1. The number of ether oxygens (including phenoxy) is 1. The molecule has 1 unspecified atom stereocenters. The molecule has 0 amide bonds. The predicted octanol–water partition coefficient (Wildman–Crippen LogP) is 1.89. The zero-order valence-corrected chi connectivity index (χ0v) is 12.9. The molecule has 2 aromatic heterocycles. The smallest absolute Gasteiger partial charge is 0.181 e. The minimum absolute atomic E-state index is 0.144. The molecule has 4 rings (SSSR count). The molecule has 1 aromatic carbocycles. The third-order valence-electron chi connectivity index (χ3n) is 4.06. The maximum atomic E-state index is 5.86. The summed E-state index contributed by atoms with van der Waals surface area (Å²) < 4.78 is 5.86. The van der Waals surface area contributed by atoms with Crippen LogP contribution in [0.1, 0.15) is 24.7 Å². The van der Waals surface area contributed by atoms with Gasteiger partial charge in [0, 0.05) is 18.4 Å². The van der Waals surface area contributed by atoms with E-state index in [0.717, 1.165) is 35.5 Å². The molecule has 1 aliphatic heterocycles. The Labute approximate surface area is 133 Å². The first-order chi connectivity index (χ1) is 11.3. The molecule has 7 nitrogen and oxygen atoms in total. The Hall–Kier alpha value is -2.54. The SMILES string of the molecule is CCc1nc(C2CN(c3ncnc4ccccc34)CCO2)n[nH]1. The number of H-pyrrole nitrogens is 1. The first kappa shape index (κ1) is 14.1. The number of hydrogen-bond donors (Lipinski definition) is 1. The van der Waals surface area contributed by atoms with Gasteiger partial charge in [-0.2, -0.15) is 5.10 Å². The number of nitrogens with zero attached hydrogens (tertiary/aromatic N) is 5. The summed E-state index contributed by atoms with van der Waals surface area (Å²) in [6, 6.07) is 8.05. The number of para-hydroxylation sites is 1. The summed E-state index contributed by atoms with van der Waals surface area (Å²) in [7, 11) is 0. The Kier molecular flexibility index (Phi) is 3.63. The lowest BCUT2D eigenvalue weighted by atomic mass is 10.2. The first-order valence-electron chi connectivity index (χ1n) is 7.82. The van der Waals surface area contributed by atoms with Crippen LogP contribution in [0, 0.1) is 0 Å². The summed E-state index contributed by atoms with van der Waals surface area (Å²) in [5.74, 6) is 2.54. The fourth-order valence-electron chi connectivity index (χ4n) is 2.85. The zero-order valence-electron chi connectivity index (χ0n) is 12.9. The molecule has 1 N–H and O–H groups in total. The molecule has 7 heteroatoms. The van der Waals surface area contributed by atoms with Crippen molar-refractivity contribution < 1.29 is 4.74 Å². The molecular formula is C16H18N6O. The average Bonchev–Trinajstić information content (AvgIpc) is 3.11. The Morgan fingerprint density at radius 2 is 2.22 bits per heavy atom. The van der Waals surface area contributed by atoms with E-state index < -0.39 is 0 Å². The van der Waals surface area contributed by atoms with E-state index >= 15 is 0 Å². The van der Waals surface area contributed by atoms with Crippen LogP contribution in [0.15, 0.2) is 30.6 Å². The molecule has 1 fully saturated rings. The van der Waals surface area contributed by atoms with Gasteiger partial charge in [-0.1, -0.05) is 19.1 Å². The van der Waals surface area contributed by atoms with Gasteiger partial charge in [-0.15, -0.1) is 0 Å². The molecule has 1 saturated heterocycles. The van der Waals surface area contributed by atoms with Crippen LogP contribution >= 0.6 is 0 Å². The van der Waals surface area contributed by atoms with Crippen molar-refractivity contribution in [3.05, 3.63) is 42.2 Å². The average molecular weight is 310 g/mol. The zero-order chi connectivity index (χ0) is 15.6. The summed E-state index contributed by atoms with van der Waals surface area (Å²) in [6.45, 7) is 4.15. The lowest BCUT2D eigenvalue weighted by Crippen LogP contribution is -2.39. The standard InChI is InChI=1S/C16H18N6O/c1-2-14-19-15(21-20-14)13-9-22(7-8-23-13)16-11-5-3-4-6-12(11)17-10-18-16/h3-6,10,13H,2,7-9H2,1H3,(H,19,20,21). The Bertz CT molecular complexity index is 812. The lowest BCUT2D eigenvalue weighted by Gasteiger charge is -2.32. The monoisotopic (exact) mass is 310 g/mol. The molecule has 1 atom stereocenters. The quantitative estimate of drug-likeness (QED) is 0.796. The highest BCUT2D eigenvalue weighted by molar-refractivity contribution is 5.89. The largest absolute Gasteiger partial charge is 0.366 e. The van der Waals surface area contributed by atoms with Crippen LogP contribution in [-0.4, -0.2) is 44.8 Å². The van der Waals surface area contributed by atoms with E-state index in [-0.39, 0.29) is 6.10 Å². The summed E-state index contributed by atoms with van der Waals surface area (Å²) in [5, 5.41) is 8.29. The molecule has 0 spiro atoms. The Morgan fingerprint density at radius 3 is 3.09 bits per heavy atom. The second-order valence-electron chi connectivity index (χ2n) is 5.51. The van der Waals surface area contributed by atoms with Crippen LogP contribution in [0.3, 0.4) is 0 Å². The molecule has 0 aliphatic carbocycles. The fraction of sp³-hybridized carbons (Fsp3) is 0.375. The highest BCUT2D eigenvalue weighted by atomic mass is 16.5. The van der Waals surface area contributed by atoms with E-state index in [0.29, 0.717) is 19.0 Å². The van der Waals surface area contributed by atoms with Crippen LogP contribution < -0.4 is 4.90 Å². The highest BCUT2D eigenvalue weighted by Crippen LogP contribution is 2.27. The second kappa shape index (κ2) is 5.92. The van der Waals surface area contributed by atoms with E-state index in [1.165, 1.54) is 0 Å². The van der Waals surface area contributed by atoms with E-state index in [1.54, 1.807) is 6.33 Å². The second-order valence-corrected chi connectivity index (χ2v) is 5.51. The van der Waals surface area contributed by atoms with Crippen molar-refractivity contribution in [2.45, 2.75) is 19.4 Å².